The molecule has 28 heavy (non-hydrogen) atoms. The number of aromatic amines is 2. The Bertz CT molecular complexity index is 1330. The van der Waals surface area contributed by atoms with Crippen molar-refractivity contribution in [3.05, 3.63) is 78.3 Å². The molecular formula is C21H14N6O. The number of imidazole rings is 1. The molecule has 0 bridgehead atoms. The van der Waals surface area contributed by atoms with Gasteiger partial charge in [-0.1, -0.05) is 24.8 Å². The number of H-pyrrole nitrogens is 2. The minimum absolute atomic E-state index is 0.349. The number of benzene rings is 2. The lowest BCUT2D eigenvalue weighted by molar-refractivity contribution is 0.483. The van der Waals surface area contributed by atoms with E-state index < -0.39 is 0 Å². The quantitative estimate of drug-likeness (QED) is 0.365. The van der Waals surface area contributed by atoms with Gasteiger partial charge in [-0.25, -0.2) is 4.98 Å². The Kier molecular flexibility index (Phi) is 3.66. The van der Waals surface area contributed by atoms with E-state index in [9.17, 15) is 0 Å². The number of nitrogens with zero attached hydrogens (tertiary/aromatic N) is 3. The van der Waals surface area contributed by atoms with Gasteiger partial charge < -0.3 is 24.9 Å². The molecule has 5 aromatic rings. The topological polar surface area (TPSA) is 83.0 Å². The number of rotatable bonds is 4. The molecule has 0 aliphatic carbocycles. The molecular weight excluding hydrogens is 352 g/mol. The van der Waals surface area contributed by atoms with Gasteiger partial charge in [-0.3, -0.25) is 0 Å². The molecule has 5 rings (SSSR count). The molecule has 3 aromatic heterocycles. The summed E-state index contributed by atoms with van der Waals surface area (Å²) in [7, 11) is 0. The molecule has 2 aromatic carbocycles. The molecule has 0 aliphatic heterocycles. The van der Waals surface area contributed by atoms with E-state index in [4.69, 9.17) is 11.3 Å². The van der Waals surface area contributed by atoms with Gasteiger partial charge in [-0.15, -0.1) is 4.98 Å². The van der Waals surface area contributed by atoms with E-state index in [0.29, 0.717) is 17.3 Å². The average Bonchev–Trinajstić information content (AvgIpc) is 3.32. The lowest BCUT2D eigenvalue weighted by Gasteiger charge is -2.04. The number of ether oxygens (including phenoxy) is 1. The van der Waals surface area contributed by atoms with Crippen LogP contribution in [0.25, 0.3) is 26.9 Å². The fraction of sp³-hybridized carbons (Fsp3) is 0. The highest BCUT2D eigenvalue weighted by atomic mass is 16.5. The molecule has 0 fully saturated rings. The fourth-order valence-corrected chi connectivity index (χ4v) is 3.01. The second kappa shape index (κ2) is 6.45. The number of nitrogens with one attached hydrogen (secondary N) is 3. The van der Waals surface area contributed by atoms with Crippen molar-refractivity contribution in [3.63, 3.8) is 0 Å². The molecule has 0 amide bonds. The van der Waals surface area contributed by atoms with Crippen LogP contribution in [0, 0.1) is 6.57 Å². The second-order valence-corrected chi connectivity index (χ2v) is 6.18. The van der Waals surface area contributed by atoms with Crippen LogP contribution < -0.4 is 10.1 Å². The molecule has 0 aliphatic rings. The minimum Gasteiger partial charge on any atom is -0.457 e. The zero-order valence-electron chi connectivity index (χ0n) is 14.6. The first-order valence-electron chi connectivity index (χ1n) is 8.64. The Morgan fingerprint density at radius 2 is 1.82 bits per heavy atom. The van der Waals surface area contributed by atoms with Gasteiger partial charge >= 0.3 is 0 Å². The molecule has 0 saturated carbocycles. The van der Waals surface area contributed by atoms with Crippen LogP contribution in [-0.2, 0) is 0 Å². The summed E-state index contributed by atoms with van der Waals surface area (Å²) in [4.78, 5) is 18.7. The third kappa shape index (κ3) is 2.89. The Balaban J connectivity index is 1.45. The Morgan fingerprint density at radius 1 is 0.929 bits per heavy atom. The highest BCUT2D eigenvalue weighted by Gasteiger charge is 2.12. The first-order valence-corrected chi connectivity index (χ1v) is 8.64. The molecule has 0 unspecified atom stereocenters. The van der Waals surface area contributed by atoms with Crippen LogP contribution in [0.15, 0.2) is 66.9 Å². The molecule has 0 radical (unpaired) electrons. The van der Waals surface area contributed by atoms with E-state index in [1.165, 1.54) is 0 Å². The monoisotopic (exact) mass is 366 g/mol. The molecule has 3 heterocycles. The Morgan fingerprint density at radius 3 is 2.68 bits per heavy atom. The standard InChI is InChI=1S/C21H14N6O/c1-22-19-10-9-16-20(27-19)18(12-23-16)26-21-24-15-8-7-14(11-17(15)25-21)28-13-5-3-2-4-6-13/h2-12,23H,(H2,24,25,26). The van der Waals surface area contributed by atoms with E-state index in [1.54, 1.807) is 6.07 Å². The van der Waals surface area contributed by atoms with Gasteiger partial charge in [0, 0.05) is 12.3 Å². The van der Waals surface area contributed by atoms with Crippen LogP contribution in [0.2, 0.25) is 0 Å². The maximum atomic E-state index is 7.14. The lowest BCUT2D eigenvalue weighted by Crippen LogP contribution is -1.91. The van der Waals surface area contributed by atoms with Crippen molar-refractivity contribution in [2.24, 2.45) is 0 Å². The van der Waals surface area contributed by atoms with E-state index in [1.807, 2.05) is 60.8 Å². The van der Waals surface area contributed by atoms with Gasteiger partial charge in [0.25, 0.3) is 5.82 Å². The third-order valence-corrected chi connectivity index (χ3v) is 4.31. The van der Waals surface area contributed by atoms with Crippen LogP contribution in [0.5, 0.6) is 11.5 Å². The van der Waals surface area contributed by atoms with Crippen molar-refractivity contribution in [1.29, 1.82) is 0 Å². The summed E-state index contributed by atoms with van der Waals surface area (Å²) in [6.45, 7) is 7.14. The summed E-state index contributed by atoms with van der Waals surface area (Å²) < 4.78 is 5.87. The maximum Gasteiger partial charge on any atom is 0.270 e. The molecule has 3 N–H and O–H groups in total. The highest BCUT2D eigenvalue weighted by Crippen LogP contribution is 2.29. The molecule has 7 heteroatoms. The third-order valence-electron chi connectivity index (χ3n) is 4.31. The molecule has 0 spiro atoms. The first-order chi connectivity index (χ1) is 13.8. The van der Waals surface area contributed by atoms with Crippen LogP contribution in [-0.4, -0.2) is 19.9 Å². The SMILES string of the molecule is [C-]#[N+]c1ccc2[nH]cc(Nc3nc4ccc(Oc5ccccc5)cc4[nH]3)c2n1. The van der Waals surface area contributed by atoms with Crippen molar-refractivity contribution >= 4 is 39.5 Å². The van der Waals surface area contributed by atoms with Gasteiger partial charge in [-0.2, -0.15) is 0 Å². The molecule has 7 nitrogen and oxygen atoms in total. The smallest absolute Gasteiger partial charge is 0.270 e. The van der Waals surface area contributed by atoms with Crippen molar-refractivity contribution < 1.29 is 4.74 Å². The summed E-state index contributed by atoms with van der Waals surface area (Å²) in [6.07, 6.45) is 1.81. The van der Waals surface area contributed by atoms with E-state index in [2.05, 4.69) is 30.1 Å². The molecule has 0 atom stereocenters. The predicted molar refractivity (Wildman–Crippen MR) is 108 cm³/mol. The Labute approximate surface area is 159 Å². The van der Waals surface area contributed by atoms with Crippen molar-refractivity contribution in [3.8, 4) is 11.5 Å². The molecule has 0 saturated heterocycles. The van der Waals surface area contributed by atoms with Crippen molar-refractivity contribution in [2.75, 3.05) is 5.32 Å². The number of pyridine rings is 1. The summed E-state index contributed by atoms with van der Waals surface area (Å²) in [6, 6.07) is 18.8. The zero-order valence-corrected chi connectivity index (χ0v) is 14.6. The zero-order chi connectivity index (χ0) is 18.9. The van der Waals surface area contributed by atoms with Gasteiger partial charge in [0.15, 0.2) is 0 Å². The lowest BCUT2D eigenvalue weighted by atomic mass is 10.3. The summed E-state index contributed by atoms with van der Waals surface area (Å²) in [5.74, 6) is 2.44. The fourth-order valence-electron chi connectivity index (χ4n) is 3.01. The number of hydrogen-bond acceptors (Lipinski definition) is 4. The van der Waals surface area contributed by atoms with E-state index in [0.717, 1.165) is 33.7 Å². The molecule has 134 valence electrons. The van der Waals surface area contributed by atoms with Crippen LogP contribution in [0.4, 0.5) is 17.5 Å². The average molecular weight is 366 g/mol. The van der Waals surface area contributed by atoms with Crippen LogP contribution in [0.3, 0.4) is 0 Å². The second-order valence-electron chi connectivity index (χ2n) is 6.18. The highest BCUT2D eigenvalue weighted by molar-refractivity contribution is 5.92. The first kappa shape index (κ1) is 15.9. The summed E-state index contributed by atoms with van der Waals surface area (Å²) >= 11 is 0. The number of anilines is 2. The number of aromatic nitrogens is 4. The van der Waals surface area contributed by atoms with E-state index >= 15 is 0 Å². The number of hydrogen-bond donors (Lipinski definition) is 3. The maximum absolute atomic E-state index is 7.14. The van der Waals surface area contributed by atoms with Crippen LogP contribution in [0.1, 0.15) is 0 Å². The summed E-state index contributed by atoms with van der Waals surface area (Å²) in [5, 5.41) is 3.23. The van der Waals surface area contributed by atoms with Gasteiger partial charge in [0.05, 0.1) is 16.6 Å². The minimum atomic E-state index is 0.349. The largest absolute Gasteiger partial charge is 0.457 e. The van der Waals surface area contributed by atoms with Crippen molar-refractivity contribution in [2.45, 2.75) is 0 Å². The number of fused-ring (bicyclic) bond motifs is 2. The summed E-state index contributed by atoms with van der Waals surface area (Å²) in [5.41, 5.74) is 3.97. The van der Waals surface area contributed by atoms with Gasteiger partial charge in [0.2, 0.25) is 11.5 Å². The number of para-hydroxylation sites is 1. The predicted octanol–water partition coefficient (Wildman–Crippen LogP) is 5.53. The van der Waals surface area contributed by atoms with Crippen molar-refractivity contribution in [1.82, 2.24) is 19.9 Å². The van der Waals surface area contributed by atoms with Crippen LogP contribution >= 0.6 is 0 Å². The van der Waals surface area contributed by atoms with Gasteiger partial charge in [-0.05, 0) is 36.4 Å². The normalized spacial score (nSPS) is 10.8. The Hall–Kier alpha value is -4.31. The van der Waals surface area contributed by atoms with Gasteiger partial charge in [0.1, 0.15) is 17.2 Å². The van der Waals surface area contributed by atoms with E-state index in [-0.39, 0.29) is 0 Å².